The second kappa shape index (κ2) is 4.78. The van der Waals surface area contributed by atoms with E-state index in [2.05, 4.69) is 5.10 Å². The molecular weight excluding hydrogens is 258 g/mol. The van der Waals surface area contributed by atoms with Crippen LogP contribution in [-0.2, 0) is 0 Å². The Morgan fingerprint density at radius 3 is 2.53 bits per heavy atom. The minimum Gasteiger partial charge on any atom is -0.399 e. The summed E-state index contributed by atoms with van der Waals surface area (Å²) in [5, 5.41) is 5.08. The molecule has 1 heterocycles. The highest BCUT2D eigenvalue weighted by Gasteiger charge is 2.03. The SMILES string of the molecule is Nc1ccc(-n2cc(-c3cccc(Cl)c3)cn2)cc1. The molecule has 3 aromatic rings. The maximum Gasteiger partial charge on any atom is 0.0647 e. The van der Waals surface area contributed by atoms with Gasteiger partial charge in [0.2, 0.25) is 0 Å². The lowest BCUT2D eigenvalue weighted by Gasteiger charge is -2.01. The molecule has 4 heteroatoms. The van der Waals surface area contributed by atoms with Crippen molar-refractivity contribution in [1.82, 2.24) is 9.78 Å². The zero-order valence-electron chi connectivity index (χ0n) is 10.1. The zero-order valence-corrected chi connectivity index (χ0v) is 10.9. The largest absolute Gasteiger partial charge is 0.399 e. The molecule has 0 bridgehead atoms. The number of nitrogens with two attached hydrogens (primary N) is 1. The van der Waals surface area contributed by atoms with E-state index in [-0.39, 0.29) is 0 Å². The van der Waals surface area contributed by atoms with Crippen LogP contribution in [0.3, 0.4) is 0 Å². The molecule has 0 aliphatic carbocycles. The third-order valence-electron chi connectivity index (χ3n) is 2.90. The van der Waals surface area contributed by atoms with Gasteiger partial charge >= 0.3 is 0 Å². The highest BCUT2D eigenvalue weighted by atomic mass is 35.5. The number of nitrogens with zero attached hydrogens (tertiary/aromatic N) is 2. The van der Waals surface area contributed by atoms with Crippen LogP contribution in [0.15, 0.2) is 60.9 Å². The maximum absolute atomic E-state index is 5.99. The highest BCUT2D eigenvalue weighted by molar-refractivity contribution is 6.30. The van der Waals surface area contributed by atoms with Gasteiger partial charge in [-0.15, -0.1) is 0 Å². The van der Waals surface area contributed by atoms with Crippen LogP contribution in [0.2, 0.25) is 5.02 Å². The summed E-state index contributed by atoms with van der Waals surface area (Å²) < 4.78 is 1.82. The molecule has 0 aliphatic rings. The normalized spacial score (nSPS) is 10.6. The van der Waals surface area contributed by atoms with E-state index < -0.39 is 0 Å². The number of halogens is 1. The van der Waals surface area contributed by atoms with Crippen LogP contribution in [0.5, 0.6) is 0 Å². The summed E-state index contributed by atoms with van der Waals surface area (Å²) in [4.78, 5) is 0. The fourth-order valence-corrected chi connectivity index (χ4v) is 2.10. The minimum absolute atomic E-state index is 0.720. The Balaban J connectivity index is 1.97. The van der Waals surface area contributed by atoms with Crippen LogP contribution in [0.4, 0.5) is 5.69 Å². The van der Waals surface area contributed by atoms with Crippen molar-refractivity contribution in [2.24, 2.45) is 0 Å². The Labute approximate surface area is 116 Å². The Hall–Kier alpha value is -2.26. The van der Waals surface area contributed by atoms with Crippen LogP contribution in [0.25, 0.3) is 16.8 Å². The monoisotopic (exact) mass is 269 g/mol. The molecule has 0 spiro atoms. The van der Waals surface area contributed by atoms with Gasteiger partial charge in [-0.2, -0.15) is 5.10 Å². The molecule has 0 radical (unpaired) electrons. The van der Waals surface area contributed by atoms with Gasteiger partial charge in [0.15, 0.2) is 0 Å². The lowest BCUT2D eigenvalue weighted by atomic mass is 10.1. The number of benzene rings is 2. The summed E-state index contributed by atoms with van der Waals surface area (Å²) in [5.41, 5.74) is 9.47. The van der Waals surface area contributed by atoms with Gasteiger partial charge in [-0.05, 0) is 42.0 Å². The first-order valence-corrected chi connectivity index (χ1v) is 6.27. The van der Waals surface area contributed by atoms with Gasteiger partial charge in [0.25, 0.3) is 0 Å². The van der Waals surface area contributed by atoms with Gasteiger partial charge in [0, 0.05) is 22.5 Å². The third kappa shape index (κ3) is 2.46. The van der Waals surface area contributed by atoms with Crippen LogP contribution in [0, 0.1) is 0 Å². The Kier molecular flexibility index (Phi) is 2.97. The predicted octanol–water partition coefficient (Wildman–Crippen LogP) is 3.77. The van der Waals surface area contributed by atoms with Crippen molar-refractivity contribution in [3.05, 3.63) is 65.9 Å². The second-order valence-corrected chi connectivity index (χ2v) is 4.71. The molecule has 0 aliphatic heterocycles. The van der Waals surface area contributed by atoms with E-state index in [1.807, 2.05) is 65.6 Å². The van der Waals surface area contributed by atoms with E-state index in [4.69, 9.17) is 17.3 Å². The molecule has 2 aromatic carbocycles. The zero-order chi connectivity index (χ0) is 13.2. The van der Waals surface area contributed by atoms with E-state index in [0.717, 1.165) is 27.5 Å². The summed E-state index contributed by atoms with van der Waals surface area (Å²) in [7, 11) is 0. The van der Waals surface area contributed by atoms with E-state index in [0.29, 0.717) is 0 Å². The summed E-state index contributed by atoms with van der Waals surface area (Å²) >= 11 is 5.99. The second-order valence-electron chi connectivity index (χ2n) is 4.28. The first-order valence-electron chi connectivity index (χ1n) is 5.89. The fraction of sp³-hybridized carbons (Fsp3) is 0. The van der Waals surface area contributed by atoms with Crippen molar-refractivity contribution < 1.29 is 0 Å². The standard InChI is InChI=1S/C15H12ClN3/c16-13-3-1-2-11(8-13)12-9-18-19(10-12)15-6-4-14(17)5-7-15/h1-10H,17H2. The van der Waals surface area contributed by atoms with Gasteiger partial charge in [-0.25, -0.2) is 4.68 Å². The van der Waals surface area contributed by atoms with Crippen molar-refractivity contribution >= 4 is 17.3 Å². The summed E-state index contributed by atoms with van der Waals surface area (Å²) in [6.45, 7) is 0. The van der Waals surface area contributed by atoms with E-state index >= 15 is 0 Å². The summed E-state index contributed by atoms with van der Waals surface area (Å²) in [6.07, 6.45) is 3.79. The van der Waals surface area contributed by atoms with Gasteiger partial charge in [0.1, 0.15) is 0 Å². The van der Waals surface area contributed by atoms with Crippen LogP contribution in [0.1, 0.15) is 0 Å². The molecule has 0 saturated heterocycles. The molecule has 2 N–H and O–H groups in total. The molecule has 3 nitrogen and oxygen atoms in total. The van der Waals surface area contributed by atoms with E-state index in [9.17, 15) is 0 Å². The number of nitrogen functional groups attached to an aromatic ring is 1. The van der Waals surface area contributed by atoms with E-state index in [1.54, 1.807) is 0 Å². The number of hydrogen-bond acceptors (Lipinski definition) is 2. The number of aromatic nitrogens is 2. The van der Waals surface area contributed by atoms with E-state index in [1.165, 1.54) is 0 Å². The molecule has 0 amide bonds. The Bertz CT molecular complexity index is 701. The van der Waals surface area contributed by atoms with Crippen LogP contribution < -0.4 is 5.73 Å². The third-order valence-corrected chi connectivity index (χ3v) is 3.13. The molecule has 19 heavy (non-hydrogen) atoms. The van der Waals surface area contributed by atoms with Crippen molar-refractivity contribution in [2.75, 3.05) is 5.73 Å². The minimum atomic E-state index is 0.720. The number of hydrogen-bond donors (Lipinski definition) is 1. The molecule has 0 atom stereocenters. The fourth-order valence-electron chi connectivity index (χ4n) is 1.91. The smallest absolute Gasteiger partial charge is 0.0647 e. The quantitative estimate of drug-likeness (QED) is 0.720. The number of anilines is 1. The van der Waals surface area contributed by atoms with Gasteiger partial charge in [0.05, 0.1) is 11.9 Å². The first-order chi connectivity index (χ1) is 9.22. The van der Waals surface area contributed by atoms with Crippen LogP contribution in [-0.4, -0.2) is 9.78 Å². The Morgan fingerprint density at radius 2 is 1.79 bits per heavy atom. The topological polar surface area (TPSA) is 43.8 Å². The Morgan fingerprint density at radius 1 is 1.00 bits per heavy atom. The molecule has 0 fully saturated rings. The maximum atomic E-state index is 5.99. The predicted molar refractivity (Wildman–Crippen MR) is 78.4 cm³/mol. The van der Waals surface area contributed by atoms with Gasteiger partial charge in [-0.1, -0.05) is 23.7 Å². The lowest BCUT2D eigenvalue weighted by Crippen LogP contribution is -1.94. The summed E-state index contributed by atoms with van der Waals surface area (Å²) in [5.74, 6) is 0. The summed E-state index contributed by atoms with van der Waals surface area (Å²) in [6, 6.07) is 15.3. The molecule has 3 rings (SSSR count). The molecule has 1 aromatic heterocycles. The molecule has 0 saturated carbocycles. The van der Waals surface area contributed by atoms with Crippen molar-refractivity contribution in [2.45, 2.75) is 0 Å². The first kappa shape index (κ1) is 11.8. The van der Waals surface area contributed by atoms with Crippen LogP contribution >= 0.6 is 11.6 Å². The lowest BCUT2D eigenvalue weighted by molar-refractivity contribution is 0.881. The molecule has 0 unspecified atom stereocenters. The average molecular weight is 270 g/mol. The molecular formula is C15H12ClN3. The highest BCUT2D eigenvalue weighted by Crippen LogP contribution is 2.23. The van der Waals surface area contributed by atoms with Gasteiger partial charge < -0.3 is 5.73 Å². The molecule has 94 valence electrons. The van der Waals surface area contributed by atoms with Gasteiger partial charge in [-0.3, -0.25) is 0 Å². The average Bonchev–Trinajstić information content (AvgIpc) is 2.89. The van der Waals surface area contributed by atoms with Crippen molar-refractivity contribution in [3.63, 3.8) is 0 Å². The van der Waals surface area contributed by atoms with Crippen molar-refractivity contribution in [3.8, 4) is 16.8 Å². The van der Waals surface area contributed by atoms with Crippen molar-refractivity contribution in [1.29, 1.82) is 0 Å². The number of rotatable bonds is 2.